The minimum absolute atomic E-state index is 0.0223. The SMILES string of the molecule is CC(O)c1cc(F)ccc1OCc1cccc([N+](=O)[O-])c1. The number of halogens is 1. The van der Waals surface area contributed by atoms with Crippen LogP contribution in [0.2, 0.25) is 0 Å². The Bertz CT molecular complexity index is 658. The van der Waals surface area contributed by atoms with E-state index in [9.17, 15) is 19.6 Å². The summed E-state index contributed by atoms with van der Waals surface area (Å²) in [5.41, 5.74) is 0.927. The third kappa shape index (κ3) is 3.76. The van der Waals surface area contributed by atoms with Crippen LogP contribution in [0.3, 0.4) is 0 Å². The molecule has 0 fully saturated rings. The first-order valence-electron chi connectivity index (χ1n) is 6.31. The van der Waals surface area contributed by atoms with Gasteiger partial charge < -0.3 is 9.84 Å². The number of benzene rings is 2. The Morgan fingerprint density at radius 1 is 1.33 bits per heavy atom. The van der Waals surface area contributed by atoms with Crippen LogP contribution in [-0.2, 0) is 6.61 Å². The van der Waals surface area contributed by atoms with E-state index in [0.717, 1.165) is 0 Å². The maximum absolute atomic E-state index is 13.2. The molecule has 110 valence electrons. The summed E-state index contributed by atoms with van der Waals surface area (Å²) in [5.74, 6) is -0.119. The standard InChI is InChI=1S/C15H14FNO4/c1-10(18)14-8-12(16)5-6-15(14)21-9-11-3-2-4-13(7-11)17(19)20/h2-8,10,18H,9H2,1H3. The molecule has 1 unspecified atom stereocenters. The highest BCUT2D eigenvalue weighted by atomic mass is 19.1. The molecule has 2 aromatic carbocycles. The summed E-state index contributed by atoms with van der Waals surface area (Å²) in [5, 5.41) is 20.3. The molecule has 1 N–H and O–H groups in total. The lowest BCUT2D eigenvalue weighted by Crippen LogP contribution is -2.02. The number of ether oxygens (including phenoxy) is 1. The van der Waals surface area contributed by atoms with Crippen LogP contribution in [0.5, 0.6) is 5.75 Å². The smallest absolute Gasteiger partial charge is 0.269 e. The number of non-ortho nitro benzene ring substituents is 1. The predicted octanol–water partition coefficient (Wildman–Crippen LogP) is 3.37. The van der Waals surface area contributed by atoms with Gasteiger partial charge in [0.15, 0.2) is 0 Å². The van der Waals surface area contributed by atoms with E-state index in [4.69, 9.17) is 4.74 Å². The van der Waals surface area contributed by atoms with Crippen molar-refractivity contribution in [2.24, 2.45) is 0 Å². The van der Waals surface area contributed by atoms with E-state index in [1.165, 1.54) is 37.3 Å². The van der Waals surface area contributed by atoms with Crippen molar-refractivity contribution in [1.82, 2.24) is 0 Å². The Morgan fingerprint density at radius 3 is 2.76 bits per heavy atom. The first kappa shape index (κ1) is 14.9. The van der Waals surface area contributed by atoms with Crippen molar-refractivity contribution in [3.8, 4) is 5.75 Å². The van der Waals surface area contributed by atoms with E-state index in [1.54, 1.807) is 12.1 Å². The number of hydrogen-bond acceptors (Lipinski definition) is 4. The van der Waals surface area contributed by atoms with E-state index in [0.29, 0.717) is 16.9 Å². The third-order valence-electron chi connectivity index (χ3n) is 2.94. The molecular weight excluding hydrogens is 277 g/mol. The molecule has 0 aromatic heterocycles. The molecule has 1 atom stereocenters. The average molecular weight is 291 g/mol. The molecular formula is C15H14FNO4. The lowest BCUT2D eigenvalue weighted by atomic mass is 10.1. The predicted molar refractivity (Wildman–Crippen MR) is 74.5 cm³/mol. The van der Waals surface area contributed by atoms with Gasteiger partial charge in [0.2, 0.25) is 0 Å². The third-order valence-corrected chi connectivity index (χ3v) is 2.94. The number of aliphatic hydroxyl groups excluding tert-OH is 1. The summed E-state index contributed by atoms with van der Waals surface area (Å²) in [4.78, 5) is 10.2. The highest BCUT2D eigenvalue weighted by molar-refractivity contribution is 5.37. The largest absolute Gasteiger partial charge is 0.489 e. The molecule has 0 saturated heterocycles. The fourth-order valence-electron chi connectivity index (χ4n) is 1.90. The fourth-order valence-corrected chi connectivity index (χ4v) is 1.90. The molecule has 0 amide bonds. The molecule has 2 rings (SSSR count). The van der Waals surface area contributed by atoms with Crippen LogP contribution in [-0.4, -0.2) is 10.0 Å². The Balaban J connectivity index is 2.16. The lowest BCUT2D eigenvalue weighted by molar-refractivity contribution is -0.384. The van der Waals surface area contributed by atoms with E-state index >= 15 is 0 Å². The lowest BCUT2D eigenvalue weighted by Gasteiger charge is -2.13. The topological polar surface area (TPSA) is 72.6 Å². The second-order valence-electron chi connectivity index (χ2n) is 4.57. The second-order valence-corrected chi connectivity index (χ2v) is 4.57. The Morgan fingerprint density at radius 2 is 2.10 bits per heavy atom. The van der Waals surface area contributed by atoms with Gasteiger partial charge in [-0.2, -0.15) is 0 Å². The van der Waals surface area contributed by atoms with Gasteiger partial charge in [-0.25, -0.2) is 4.39 Å². The van der Waals surface area contributed by atoms with Gasteiger partial charge >= 0.3 is 0 Å². The average Bonchev–Trinajstić information content (AvgIpc) is 2.46. The molecule has 6 heteroatoms. The van der Waals surface area contributed by atoms with Gasteiger partial charge in [-0.05, 0) is 30.7 Å². The minimum Gasteiger partial charge on any atom is -0.489 e. The van der Waals surface area contributed by atoms with E-state index in [-0.39, 0.29) is 12.3 Å². The maximum Gasteiger partial charge on any atom is 0.269 e. The number of nitro groups is 1. The van der Waals surface area contributed by atoms with E-state index < -0.39 is 16.8 Å². The van der Waals surface area contributed by atoms with Gasteiger partial charge in [0.25, 0.3) is 5.69 Å². The zero-order chi connectivity index (χ0) is 15.4. The van der Waals surface area contributed by atoms with Crippen molar-refractivity contribution < 1.29 is 19.2 Å². The molecule has 2 aromatic rings. The van der Waals surface area contributed by atoms with Crippen LogP contribution in [0.15, 0.2) is 42.5 Å². The molecule has 0 heterocycles. The summed E-state index contributed by atoms with van der Waals surface area (Å²) in [7, 11) is 0. The molecule has 0 bridgehead atoms. The quantitative estimate of drug-likeness (QED) is 0.677. The Hall–Kier alpha value is -2.47. The monoisotopic (exact) mass is 291 g/mol. The zero-order valence-corrected chi connectivity index (χ0v) is 11.3. The van der Waals surface area contributed by atoms with E-state index in [1.807, 2.05) is 0 Å². The normalized spacial score (nSPS) is 12.0. The van der Waals surface area contributed by atoms with Gasteiger partial charge in [-0.15, -0.1) is 0 Å². The maximum atomic E-state index is 13.2. The molecule has 0 aliphatic carbocycles. The molecule has 0 saturated carbocycles. The Labute approximate surface area is 120 Å². The number of rotatable bonds is 5. The number of nitrogens with zero attached hydrogens (tertiary/aromatic N) is 1. The summed E-state index contributed by atoms with van der Waals surface area (Å²) in [6, 6.07) is 9.92. The molecule has 0 radical (unpaired) electrons. The number of aliphatic hydroxyl groups is 1. The summed E-state index contributed by atoms with van der Waals surface area (Å²) < 4.78 is 18.7. The molecule has 5 nitrogen and oxygen atoms in total. The van der Waals surface area contributed by atoms with Gasteiger partial charge in [0.05, 0.1) is 11.0 Å². The highest BCUT2D eigenvalue weighted by Gasteiger charge is 2.11. The van der Waals surface area contributed by atoms with Crippen molar-refractivity contribution in [2.75, 3.05) is 0 Å². The fraction of sp³-hybridized carbons (Fsp3) is 0.200. The van der Waals surface area contributed by atoms with Crippen LogP contribution in [0, 0.1) is 15.9 Å². The van der Waals surface area contributed by atoms with Gasteiger partial charge in [0.1, 0.15) is 18.2 Å². The molecule has 0 aliphatic rings. The van der Waals surface area contributed by atoms with Crippen LogP contribution < -0.4 is 4.74 Å². The van der Waals surface area contributed by atoms with Gasteiger partial charge in [-0.3, -0.25) is 10.1 Å². The summed E-state index contributed by atoms with van der Waals surface area (Å²) >= 11 is 0. The van der Waals surface area contributed by atoms with Gasteiger partial charge in [0, 0.05) is 17.7 Å². The summed E-state index contributed by atoms with van der Waals surface area (Å²) in [6.07, 6.45) is -0.874. The van der Waals surface area contributed by atoms with Crippen LogP contribution in [0.25, 0.3) is 0 Å². The molecule has 21 heavy (non-hydrogen) atoms. The van der Waals surface area contributed by atoms with Crippen molar-refractivity contribution in [1.29, 1.82) is 0 Å². The molecule has 0 spiro atoms. The van der Waals surface area contributed by atoms with Crippen molar-refractivity contribution >= 4 is 5.69 Å². The van der Waals surface area contributed by atoms with Crippen LogP contribution >= 0.6 is 0 Å². The molecule has 0 aliphatic heterocycles. The van der Waals surface area contributed by atoms with Crippen molar-refractivity contribution in [3.63, 3.8) is 0 Å². The number of hydrogen-bond donors (Lipinski definition) is 1. The number of nitro benzene ring substituents is 1. The van der Waals surface area contributed by atoms with E-state index in [2.05, 4.69) is 0 Å². The van der Waals surface area contributed by atoms with Gasteiger partial charge in [-0.1, -0.05) is 12.1 Å². The van der Waals surface area contributed by atoms with Crippen molar-refractivity contribution in [2.45, 2.75) is 19.6 Å². The highest BCUT2D eigenvalue weighted by Crippen LogP contribution is 2.27. The Kier molecular flexibility index (Phi) is 4.49. The van der Waals surface area contributed by atoms with Crippen LogP contribution in [0.4, 0.5) is 10.1 Å². The first-order valence-corrected chi connectivity index (χ1v) is 6.31. The first-order chi connectivity index (χ1) is 9.97. The van der Waals surface area contributed by atoms with Crippen LogP contribution in [0.1, 0.15) is 24.2 Å². The summed E-state index contributed by atoms with van der Waals surface area (Å²) in [6.45, 7) is 1.60. The van der Waals surface area contributed by atoms with Crippen molar-refractivity contribution in [3.05, 3.63) is 69.5 Å². The zero-order valence-electron chi connectivity index (χ0n) is 11.3. The minimum atomic E-state index is -0.874. The second kappa shape index (κ2) is 6.32.